The van der Waals surface area contributed by atoms with Crippen molar-refractivity contribution in [2.24, 2.45) is 0 Å². The van der Waals surface area contributed by atoms with Crippen LogP contribution in [0.15, 0.2) is 53.6 Å². The van der Waals surface area contributed by atoms with Crippen molar-refractivity contribution in [3.8, 4) is 28.8 Å². The summed E-state index contributed by atoms with van der Waals surface area (Å²) in [5.74, 6) is 2.15. The zero-order valence-electron chi connectivity index (χ0n) is 23.2. The summed E-state index contributed by atoms with van der Waals surface area (Å²) in [5.41, 5.74) is 3.20. The number of benzene rings is 2. The molecule has 1 aliphatic heterocycles. The Bertz CT molecular complexity index is 1270. The molecule has 206 valence electrons. The first kappa shape index (κ1) is 28.8. The fourth-order valence-corrected chi connectivity index (χ4v) is 5.32. The lowest BCUT2D eigenvalue weighted by atomic mass is 10.1. The first-order chi connectivity index (χ1) is 18.9. The number of hydrogen-bond donors (Lipinski definition) is 0. The summed E-state index contributed by atoms with van der Waals surface area (Å²) >= 11 is 1.69. The van der Waals surface area contributed by atoms with Crippen LogP contribution in [0, 0.1) is 11.3 Å². The highest BCUT2D eigenvalue weighted by Crippen LogP contribution is 2.33. The van der Waals surface area contributed by atoms with Crippen LogP contribution in [-0.2, 0) is 11.2 Å². The van der Waals surface area contributed by atoms with Gasteiger partial charge in [0, 0.05) is 37.6 Å². The van der Waals surface area contributed by atoms with Crippen LogP contribution >= 0.6 is 11.9 Å². The van der Waals surface area contributed by atoms with Gasteiger partial charge in [-0.2, -0.15) is 5.26 Å². The molecule has 1 saturated heterocycles. The van der Waals surface area contributed by atoms with E-state index in [0.717, 1.165) is 59.8 Å². The normalized spacial score (nSPS) is 14.0. The summed E-state index contributed by atoms with van der Waals surface area (Å²) in [4.78, 5) is 12.6. The average molecular weight is 548 g/mol. The summed E-state index contributed by atoms with van der Waals surface area (Å²) in [6.07, 6.45) is 5.18. The molecule has 2 aromatic carbocycles. The van der Waals surface area contributed by atoms with Gasteiger partial charge in [0.2, 0.25) is 0 Å². The molecule has 4 rings (SSSR count). The highest BCUT2D eigenvalue weighted by molar-refractivity contribution is 7.97. The molecule has 39 heavy (non-hydrogen) atoms. The van der Waals surface area contributed by atoms with Gasteiger partial charge in [-0.25, -0.2) is 14.3 Å². The van der Waals surface area contributed by atoms with E-state index >= 15 is 0 Å². The maximum absolute atomic E-state index is 9.75. The summed E-state index contributed by atoms with van der Waals surface area (Å²) < 4.78 is 19.5. The standard InChI is InChI=1S/C30H37N5O3S/c1-34(2)14-5-15-35(3)39-29-9-6-22(18-28(29)36-4)19-30-32-13-10-26(33-30)23-7-8-27(24(20-23)21-31)38-25-11-16-37-17-12-25/h6-10,13,18,20,25H,5,11-12,14-17,19H2,1-4H3. The number of ether oxygens (including phenoxy) is 3. The molecule has 2 heterocycles. The molecular formula is C30H37N5O3S. The van der Waals surface area contributed by atoms with Crippen LogP contribution in [0.1, 0.15) is 36.2 Å². The number of nitrogens with zero attached hydrogens (tertiary/aromatic N) is 5. The van der Waals surface area contributed by atoms with Crippen LogP contribution in [-0.4, -0.2) is 79.8 Å². The summed E-state index contributed by atoms with van der Waals surface area (Å²) in [5, 5.41) is 9.75. The van der Waals surface area contributed by atoms with Gasteiger partial charge in [-0.1, -0.05) is 6.07 Å². The quantitative estimate of drug-likeness (QED) is 0.289. The molecule has 0 atom stereocenters. The first-order valence-electron chi connectivity index (χ1n) is 13.3. The topological polar surface area (TPSA) is 83.7 Å². The number of methoxy groups -OCH3 is 1. The Morgan fingerprint density at radius 2 is 1.87 bits per heavy atom. The van der Waals surface area contributed by atoms with Crippen LogP contribution in [0.5, 0.6) is 11.5 Å². The molecule has 0 unspecified atom stereocenters. The van der Waals surface area contributed by atoms with E-state index in [-0.39, 0.29) is 6.10 Å². The molecule has 0 saturated carbocycles. The van der Waals surface area contributed by atoms with Gasteiger partial charge in [0.25, 0.3) is 0 Å². The van der Waals surface area contributed by atoms with Crippen LogP contribution in [0.3, 0.4) is 0 Å². The van der Waals surface area contributed by atoms with Gasteiger partial charge in [0.05, 0.1) is 36.5 Å². The Morgan fingerprint density at radius 3 is 2.62 bits per heavy atom. The Hall–Kier alpha value is -3.16. The van der Waals surface area contributed by atoms with Gasteiger partial charge in [-0.15, -0.1) is 0 Å². The number of hydrogen-bond acceptors (Lipinski definition) is 9. The zero-order chi connectivity index (χ0) is 27.6. The molecule has 0 amide bonds. The van der Waals surface area contributed by atoms with Crippen molar-refractivity contribution in [3.05, 3.63) is 65.6 Å². The first-order valence-corrected chi connectivity index (χ1v) is 14.0. The maximum Gasteiger partial charge on any atom is 0.137 e. The minimum Gasteiger partial charge on any atom is -0.496 e. The highest BCUT2D eigenvalue weighted by Gasteiger charge is 2.18. The Balaban J connectivity index is 1.44. The average Bonchev–Trinajstić information content (AvgIpc) is 2.94. The fourth-order valence-electron chi connectivity index (χ4n) is 4.40. The number of rotatable bonds is 12. The van der Waals surface area contributed by atoms with Crippen molar-refractivity contribution in [1.82, 2.24) is 19.2 Å². The molecule has 9 heteroatoms. The number of aromatic nitrogens is 2. The maximum atomic E-state index is 9.75. The molecule has 0 N–H and O–H groups in total. The van der Waals surface area contributed by atoms with E-state index in [4.69, 9.17) is 19.2 Å². The van der Waals surface area contributed by atoms with E-state index < -0.39 is 0 Å². The van der Waals surface area contributed by atoms with Crippen molar-refractivity contribution >= 4 is 11.9 Å². The highest BCUT2D eigenvalue weighted by atomic mass is 32.2. The third-order valence-electron chi connectivity index (χ3n) is 6.49. The van der Waals surface area contributed by atoms with E-state index in [1.165, 1.54) is 0 Å². The third kappa shape index (κ3) is 8.41. The number of nitriles is 1. The summed E-state index contributed by atoms with van der Waals surface area (Å²) in [7, 11) is 8.00. The van der Waals surface area contributed by atoms with Gasteiger partial charge in [0.1, 0.15) is 29.5 Å². The molecular weight excluding hydrogens is 510 g/mol. The van der Waals surface area contributed by atoms with Gasteiger partial charge in [0.15, 0.2) is 0 Å². The van der Waals surface area contributed by atoms with Gasteiger partial charge in [-0.05, 0) is 88.0 Å². The van der Waals surface area contributed by atoms with Crippen molar-refractivity contribution in [2.45, 2.75) is 36.7 Å². The van der Waals surface area contributed by atoms with Crippen molar-refractivity contribution in [2.75, 3.05) is 54.6 Å². The minimum absolute atomic E-state index is 0.0765. The molecule has 1 aromatic heterocycles. The molecule has 3 aromatic rings. The second-order valence-electron chi connectivity index (χ2n) is 9.87. The molecule has 0 aliphatic carbocycles. The lowest BCUT2D eigenvalue weighted by Crippen LogP contribution is -2.26. The Labute approximate surface area is 236 Å². The molecule has 0 radical (unpaired) electrons. The van der Waals surface area contributed by atoms with E-state index in [1.807, 2.05) is 24.3 Å². The van der Waals surface area contributed by atoms with E-state index in [2.05, 4.69) is 59.6 Å². The van der Waals surface area contributed by atoms with E-state index in [1.54, 1.807) is 25.3 Å². The van der Waals surface area contributed by atoms with Crippen LogP contribution in [0.2, 0.25) is 0 Å². The van der Waals surface area contributed by atoms with E-state index in [0.29, 0.717) is 36.8 Å². The second kappa shape index (κ2) is 14.3. The van der Waals surface area contributed by atoms with E-state index in [9.17, 15) is 5.26 Å². The lowest BCUT2D eigenvalue weighted by molar-refractivity contribution is 0.0254. The molecule has 1 fully saturated rings. The van der Waals surface area contributed by atoms with Crippen molar-refractivity contribution in [3.63, 3.8) is 0 Å². The smallest absolute Gasteiger partial charge is 0.137 e. The predicted octanol–water partition coefficient (Wildman–Crippen LogP) is 5.06. The second-order valence-corrected chi connectivity index (χ2v) is 11.1. The van der Waals surface area contributed by atoms with Crippen LogP contribution < -0.4 is 9.47 Å². The minimum atomic E-state index is 0.0765. The van der Waals surface area contributed by atoms with Gasteiger partial charge < -0.3 is 19.1 Å². The largest absolute Gasteiger partial charge is 0.496 e. The summed E-state index contributed by atoms with van der Waals surface area (Å²) in [6.45, 7) is 3.43. The van der Waals surface area contributed by atoms with Crippen LogP contribution in [0.4, 0.5) is 0 Å². The molecule has 1 aliphatic rings. The van der Waals surface area contributed by atoms with Gasteiger partial charge in [-0.3, -0.25) is 0 Å². The van der Waals surface area contributed by atoms with Crippen molar-refractivity contribution < 1.29 is 14.2 Å². The molecule has 0 bridgehead atoms. The molecule has 8 nitrogen and oxygen atoms in total. The SMILES string of the molecule is COc1cc(Cc2nccc(-c3ccc(OC4CCOCC4)c(C#N)c3)n2)ccc1SN(C)CCCN(C)C. The Morgan fingerprint density at radius 1 is 1.05 bits per heavy atom. The monoisotopic (exact) mass is 547 g/mol. The zero-order valence-corrected chi connectivity index (χ0v) is 24.0. The van der Waals surface area contributed by atoms with Crippen LogP contribution in [0.25, 0.3) is 11.3 Å². The molecule has 0 spiro atoms. The lowest BCUT2D eigenvalue weighted by Gasteiger charge is -2.23. The third-order valence-corrected chi connectivity index (χ3v) is 7.51. The van der Waals surface area contributed by atoms with Gasteiger partial charge >= 0.3 is 0 Å². The fraction of sp³-hybridized carbons (Fsp3) is 0.433. The summed E-state index contributed by atoms with van der Waals surface area (Å²) in [6, 6.07) is 16.1. The Kier molecular flexibility index (Phi) is 10.6. The van der Waals surface area contributed by atoms with Crippen molar-refractivity contribution in [1.29, 1.82) is 5.26 Å². The predicted molar refractivity (Wildman–Crippen MR) is 154 cm³/mol.